The van der Waals surface area contributed by atoms with E-state index >= 15 is 0 Å². The summed E-state index contributed by atoms with van der Waals surface area (Å²) in [6.07, 6.45) is 5.45. The van der Waals surface area contributed by atoms with Crippen LogP contribution in [0.3, 0.4) is 0 Å². The topological polar surface area (TPSA) is 85.2 Å². The molecule has 2 fully saturated rings. The van der Waals surface area contributed by atoms with Crippen molar-refractivity contribution in [2.45, 2.75) is 36.1 Å². The molecule has 1 aliphatic heterocycles. The molecule has 1 aliphatic carbocycles. The molecule has 3 rings (SSSR count). The van der Waals surface area contributed by atoms with Crippen LogP contribution in [0.1, 0.15) is 25.7 Å². The van der Waals surface area contributed by atoms with Gasteiger partial charge in [-0.3, -0.25) is 4.79 Å². The highest BCUT2D eigenvalue weighted by atomic mass is 32.2. The third kappa shape index (κ3) is 2.11. The molecule has 20 heavy (non-hydrogen) atoms. The highest BCUT2D eigenvalue weighted by Gasteiger charge is 2.44. The molecule has 2 heterocycles. The first-order valence-electron chi connectivity index (χ1n) is 6.87. The van der Waals surface area contributed by atoms with E-state index in [2.05, 4.69) is 10.2 Å². The van der Waals surface area contributed by atoms with Gasteiger partial charge in [-0.15, -0.1) is 10.2 Å². The molecule has 1 amide bonds. The lowest BCUT2D eigenvalue weighted by Gasteiger charge is -2.39. The van der Waals surface area contributed by atoms with E-state index in [0.717, 1.165) is 25.7 Å². The number of hydrogen-bond acceptors (Lipinski definition) is 5. The average molecular weight is 298 g/mol. The molecule has 0 spiro atoms. The van der Waals surface area contributed by atoms with Crippen LogP contribution in [-0.4, -0.2) is 52.3 Å². The van der Waals surface area contributed by atoms with Crippen LogP contribution in [0.15, 0.2) is 11.5 Å². The lowest BCUT2D eigenvalue weighted by Crippen LogP contribution is -2.58. The lowest BCUT2D eigenvalue weighted by atomic mass is 10.0. The molecule has 0 radical (unpaired) electrons. The summed E-state index contributed by atoms with van der Waals surface area (Å²) in [4.78, 5) is 13.8. The number of aromatic nitrogens is 3. The van der Waals surface area contributed by atoms with E-state index in [1.54, 1.807) is 11.9 Å². The maximum absolute atomic E-state index is 12.3. The number of amides is 1. The van der Waals surface area contributed by atoms with E-state index in [1.807, 2.05) is 0 Å². The van der Waals surface area contributed by atoms with Crippen LogP contribution in [0.2, 0.25) is 0 Å². The Morgan fingerprint density at radius 1 is 1.30 bits per heavy atom. The fourth-order valence-electron chi connectivity index (χ4n) is 2.92. The number of nitrogens with zero attached hydrogens (tertiary/aromatic N) is 4. The third-order valence-corrected chi connectivity index (χ3v) is 6.28. The Kier molecular flexibility index (Phi) is 3.27. The van der Waals surface area contributed by atoms with Gasteiger partial charge in [-0.2, -0.15) is 0 Å². The molecule has 0 unspecified atom stereocenters. The molecule has 1 aromatic rings. The molecule has 7 nitrogen and oxygen atoms in total. The summed E-state index contributed by atoms with van der Waals surface area (Å²) in [6.45, 7) is 0.565. The minimum Gasteiger partial charge on any atom is -0.340 e. The summed E-state index contributed by atoms with van der Waals surface area (Å²) in [5.41, 5.74) is 0. The summed E-state index contributed by atoms with van der Waals surface area (Å²) in [5.74, 6) is 0.223. The molecular weight excluding hydrogens is 280 g/mol. The summed E-state index contributed by atoms with van der Waals surface area (Å²) in [7, 11) is -1.88. The number of likely N-dealkylation sites (tertiary alicyclic amines) is 1. The molecule has 1 saturated carbocycles. The Balaban J connectivity index is 1.65. The Labute approximate surface area is 117 Å². The number of carbonyl (C=O) groups is 1. The van der Waals surface area contributed by atoms with Crippen molar-refractivity contribution in [3.8, 4) is 0 Å². The normalized spacial score (nSPS) is 21.1. The minimum atomic E-state index is -3.48. The van der Waals surface area contributed by atoms with Crippen molar-refractivity contribution in [2.75, 3.05) is 13.1 Å². The Morgan fingerprint density at radius 2 is 1.95 bits per heavy atom. The van der Waals surface area contributed by atoms with Crippen LogP contribution in [0.4, 0.5) is 0 Å². The number of rotatable bonds is 3. The predicted molar refractivity (Wildman–Crippen MR) is 70.5 cm³/mol. The van der Waals surface area contributed by atoms with Crippen LogP contribution in [0, 0.1) is 5.92 Å². The van der Waals surface area contributed by atoms with Crippen LogP contribution < -0.4 is 0 Å². The first-order valence-corrected chi connectivity index (χ1v) is 8.41. The van der Waals surface area contributed by atoms with Crippen molar-refractivity contribution in [1.82, 2.24) is 19.7 Å². The summed E-state index contributed by atoms with van der Waals surface area (Å²) in [6, 6.07) is 0. The summed E-state index contributed by atoms with van der Waals surface area (Å²) in [5, 5.41) is 6.69. The molecule has 0 aromatic carbocycles. The summed E-state index contributed by atoms with van der Waals surface area (Å²) >= 11 is 0. The van der Waals surface area contributed by atoms with Crippen LogP contribution in [0.5, 0.6) is 0 Å². The maximum atomic E-state index is 12.3. The second kappa shape index (κ2) is 4.83. The van der Waals surface area contributed by atoms with Crippen molar-refractivity contribution >= 4 is 15.7 Å². The quantitative estimate of drug-likeness (QED) is 0.783. The fraction of sp³-hybridized carbons (Fsp3) is 0.750. The largest absolute Gasteiger partial charge is 0.340 e. The van der Waals surface area contributed by atoms with Crippen molar-refractivity contribution < 1.29 is 13.2 Å². The zero-order chi connectivity index (χ0) is 14.3. The van der Waals surface area contributed by atoms with Gasteiger partial charge in [0, 0.05) is 26.1 Å². The van der Waals surface area contributed by atoms with Crippen LogP contribution in [0.25, 0.3) is 0 Å². The third-order valence-electron chi connectivity index (χ3n) is 4.23. The van der Waals surface area contributed by atoms with Gasteiger partial charge in [-0.05, 0) is 12.8 Å². The zero-order valence-corrected chi connectivity index (χ0v) is 12.2. The van der Waals surface area contributed by atoms with E-state index in [0.29, 0.717) is 0 Å². The number of sulfone groups is 1. The van der Waals surface area contributed by atoms with E-state index in [1.165, 1.54) is 10.9 Å². The van der Waals surface area contributed by atoms with E-state index in [4.69, 9.17) is 0 Å². The number of aryl methyl sites for hydroxylation is 1. The smallest absolute Gasteiger partial charge is 0.249 e. The Hall–Kier alpha value is -1.44. The van der Waals surface area contributed by atoms with Gasteiger partial charge < -0.3 is 9.47 Å². The SMILES string of the molecule is Cn1cnnc1S(=O)(=O)C1CN(C(=O)C2CCCC2)C1. The Morgan fingerprint density at radius 3 is 2.50 bits per heavy atom. The standard InChI is InChI=1S/C12H18N4O3S/c1-15-8-13-14-12(15)20(18,19)10-6-16(7-10)11(17)9-4-2-3-5-9/h8-10H,2-7H2,1H3. The molecular formula is C12H18N4O3S. The van der Waals surface area contributed by atoms with Crippen molar-refractivity contribution in [2.24, 2.45) is 13.0 Å². The number of carbonyl (C=O) groups excluding carboxylic acids is 1. The van der Waals surface area contributed by atoms with Crippen LogP contribution in [-0.2, 0) is 21.7 Å². The fourth-order valence-corrected chi connectivity index (χ4v) is 4.58. The predicted octanol–water partition coefficient (Wildman–Crippen LogP) is -0.0102. The van der Waals surface area contributed by atoms with Gasteiger partial charge in [0.1, 0.15) is 11.6 Å². The minimum absolute atomic E-state index is 0.0181. The summed E-state index contributed by atoms with van der Waals surface area (Å²) < 4.78 is 26.0. The zero-order valence-electron chi connectivity index (χ0n) is 11.4. The van der Waals surface area contributed by atoms with Gasteiger partial charge in [-0.1, -0.05) is 12.8 Å². The van der Waals surface area contributed by atoms with Gasteiger partial charge in [0.25, 0.3) is 0 Å². The van der Waals surface area contributed by atoms with Gasteiger partial charge in [0.15, 0.2) is 0 Å². The highest BCUT2D eigenvalue weighted by molar-refractivity contribution is 7.92. The molecule has 0 N–H and O–H groups in total. The molecule has 110 valence electrons. The average Bonchev–Trinajstić information content (AvgIpc) is 2.96. The van der Waals surface area contributed by atoms with E-state index in [-0.39, 0.29) is 30.1 Å². The maximum Gasteiger partial charge on any atom is 0.249 e. The first-order chi connectivity index (χ1) is 9.50. The van der Waals surface area contributed by atoms with Gasteiger partial charge in [0.05, 0.1) is 0 Å². The van der Waals surface area contributed by atoms with Gasteiger partial charge in [0.2, 0.25) is 20.9 Å². The Bertz CT molecular complexity index is 612. The molecule has 8 heteroatoms. The molecule has 1 saturated heterocycles. The van der Waals surface area contributed by atoms with Gasteiger partial charge in [-0.25, -0.2) is 8.42 Å². The van der Waals surface area contributed by atoms with Gasteiger partial charge >= 0.3 is 0 Å². The second-order valence-electron chi connectivity index (χ2n) is 5.62. The monoisotopic (exact) mass is 298 g/mol. The van der Waals surface area contributed by atoms with Crippen molar-refractivity contribution in [1.29, 1.82) is 0 Å². The molecule has 1 aromatic heterocycles. The second-order valence-corrected chi connectivity index (χ2v) is 7.74. The lowest BCUT2D eigenvalue weighted by molar-refractivity contribution is -0.138. The van der Waals surface area contributed by atoms with Crippen LogP contribution >= 0.6 is 0 Å². The molecule has 0 bridgehead atoms. The van der Waals surface area contributed by atoms with Crippen molar-refractivity contribution in [3.05, 3.63) is 6.33 Å². The highest BCUT2D eigenvalue weighted by Crippen LogP contribution is 2.30. The van der Waals surface area contributed by atoms with E-state index < -0.39 is 15.1 Å². The van der Waals surface area contributed by atoms with E-state index in [9.17, 15) is 13.2 Å². The molecule has 2 aliphatic rings. The van der Waals surface area contributed by atoms with Crippen molar-refractivity contribution in [3.63, 3.8) is 0 Å². The number of hydrogen-bond donors (Lipinski definition) is 0. The first kappa shape index (κ1) is 13.5. The molecule has 0 atom stereocenters.